The zero-order chi connectivity index (χ0) is 11.5. The average molecular weight is 217 g/mol. The van der Waals surface area contributed by atoms with Gasteiger partial charge in [-0.05, 0) is 12.1 Å². The number of aromatic nitrogens is 2. The summed E-state index contributed by atoms with van der Waals surface area (Å²) in [5, 5.41) is 0. The topological polar surface area (TPSA) is 80.9 Å². The van der Waals surface area contributed by atoms with Crippen molar-refractivity contribution in [3.8, 4) is 5.69 Å². The number of aromatic amines is 1. The van der Waals surface area contributed by atoms with Crippen LogP contribution in [0.4, 0.5) is 0 Å². The Bertz CT molecular complexity index is 568. The van der Waals surface area contributed by atoms with E-state index in [1.54, 1.807) is 30.5 Å². The number of carbonyl (C=O) groups is 1. The van der Waals surface area contributed by atoms with Crippen LogP contribution in [-0.2, 0) is 0 Å². The van der Waals surface area contributed by atoms with Crippen LogP contribution in [0.15, 0.2) is 41.5 Å². The smallest absolute Gasteiger partial charge is 0.324 e. The number of nitrogens with one attached hydrogen (secondary N) is 1. The van der Waals surface area contributed by atoms with Gasteiger partial charge >= 0.3 is 5.69 Å². The lowest BCUT2D eigenvalue weighted by atomic mass is 10.1. The number of hydrogen-bond donors (Lipinski definition) is 2. The molecule has 3 N–H and O–H groups in total. The number of carbonyl (C=O) groups excluding carboxylic acids is 1. The van der Waals surface area contributed by atoms with Gasteiger partial charge in [0.15, 0.2) is 5.78 Å². The Labute approximate surface area is 91.5 Å². The van der Waals surface area contributed by atoms with E-state index in [4.69, 9.17) is 5.73 Å². The molecule has 0 amide bonds. The van der Waals surface area contributed by atoms with Crippen molar-refractivity contribution in [2.75, 3.05) is 6.54 Å². The van der Waals surface area contributed by atoms with E-state index in [1.165, 1.54) is 10.8 Å². The summed E-state index contributed by atoms with van der Waals surface area (Å²) in [5.41, 5.74) is 6.04. The normalized spacial score (nSPS) is 10.3. The first-order chi connectivity index (χ1) is 7.74. The Balaban J connectivity index is 2.62. The SMILES string of the molecule is NCC(=O)c1ccccc1-n1cc[nH]c1=O. The number of nitrogens with two attached hydrogens (primary N) is 1. The first kappa shape index (κ1) is 10.4. The van der Waals surface area contributed by atoms with Gasteiger partial charge in [0.25, 0.3) is 0 Å². The molecule has 1 aromatic heterocycles. The van der Waals surface area contributed by atoms with Crippen LogP contribution in [0.1, 0.15) is 10.4 Å². The second kappa shape index (κ2) is 4.16. The number of H-pyrrole nitrogens is 1. The van der Waals surface area contributed by atoms with Crippen LogP contribution in [0, 0.1) is 0 Å². The summed E-state index contributed by atoms with van der Waals surface area (Å²) in [4.78, 5) is 25.6. The van der Waals surface area contributed by atoms with Crippen LogP contribution < -0.4 is 11.4 Å². The van der Waals surface area contributed by atoms with E-state index >= 15 is 0 Å². The first-order valence-electron chi connectivity index (χ1n) is 4.82. The minimum absolute atomic E-state index is 0.0732. The zero-order valence-electron chi connectivity index (χ0n) is 8.51. The summed E-state index contributed by atoms with van der Waals surface area (Å²) in [5.74, 6) is -0.191. The molecule has 1 aromatic carbocycles. The fourth-order valence-electron chi connectivity index (χ4n) is 1.54. The zero-order valence-corrected chi connectivity index (χ0v) is 8.51. The molecule has 0 radical (unpaired) electrons. The average Bonchev–Trinajstić information content (AvgIpc) is 2.74. The molecule has 0 aliphatic carbocycles. The molecule has 0 fully saturated rings. The summed E-state index contributed by atoms with van der Waals surface area (Å²) >= 11 is 0. The summed E-state index contributed by atoms with van der Waals surface area (Å²) in [7, 11) is 0. The Hall–Kier alpha value is -2.14. The van der Waals surface area contributed by atoms with E-state index in [0.29, 0.717) is 11.3 Å². The predicted molar refractivity (Wildman–Crippen MR) is 59.8 cm³/mol. The van der Waals surface area contributed by atoms with Crippen molar-refractivity contribution >= 4 is 5.78 Å². The Morgan fingerprint density at radius 1 is 1.38 bits per heavy atom. The Morgan fingerprint density at radius 2 is 2.12 bits per heavy atom. The predicted octanol–water partition coefficient (Wildman–Crippen LogP) is 0.307. The number of nitrogens with zero attached hydrogens (tertiary/aromatic N) is 1. The van der Waals surface area contributed by atoms with Crippen molar-refractivity contribution in [2.24, 2.45) is 5.73 Å². The molecule has 0 aliphatic heterocycles. The van der Waals surface area contributed by atoms with E-state index < -0.39 is 0 Å². The molecule has 2 rings (SSSR count). The molecule has 0 bridgehead atoms. The highest BCUT2D eigenvalue weighted by atomic mass is 16.1. The molecular formula is C11H11N3O2. The summed E-state index contributed by atoms with van der Waals surface area (Å²) in [6.07, 6.45) is 3.09. The molecule has 2 aromatic rings. The minimum atomic E-state index is -0.280. The van der Waals surface area contributed by atoms with Crippen LogP contribution in [-0.4, -0.2) is 21.9 Å². The van der Waals surface area contributed by atoms with Gasteiger partial charge in [-0.3, -0.25) is 9.36 Å². The Morgan fingerprint density at radius 3 is 2.75 bits per heavy atom. The van der Waals surface area contributed by atoms with Gasteiger partial charge in [-0.25, -0.2) is 4.79 Å². The molecule has 0 saturated carbocycles. The second-order valence-corrected chi connectivity index (χ2v) is 3.28. The number of ketones is 1. The maximum absolute atomic E-state index is 11.6. The standard InChI is InChI=1S/C11H11N3O2/c12-7-10(15)8-3-1-2-4-9(8)14-6-5-13-11(14)16/h1-6H,7,12H2,(H,13,16). The van der Waals surface area contributed by atoms with E-state index in [-0.39, 0.29) is 18.0 Å². The quantitative estimate of drug-likeness (QED) is 0.726. The van der Waals surface area contributed by atoms with Crippen LogP contribution in [0.3, 0.4) is 0 Å². The molecule has 82 valence electrons. The highest BCUT2D eigenvalue weighted by molar-refractivity contribution is 6.00. The van der Waals surface area contributed by atoms with Crippen LogP contribution in [0.2, 0.25) is 0 Å². The van der Waals surface area contributed by atoms with E-state index in [9.17, 15) is 9.59 Å². The fraction of sp³-hybridized carbons (Fsp3) is 0.0909. The maximum Gasteiger partial charge on any atom is 0.330 e. The van der Waals surface area contributed by atoms with Crippen molar-refractivity contribution in [1.82, 2.24) is 9.55 Å². The number of Topliss-reactive ketones (excluding diaryl/α,β-unsaturated/α-hetero) is 1. The van der Waals surface area contributed by atoms with Crippen molar-refractivity contribution in [3.63, 3.8) is 0 Å². The van der Waals surface area contributed by atoms with Crippen LogP contribution in [0.25, 0.3) is 5.69 Å². The highest BCUT2D eigenvalue weighted by Crippen LogP contribution is 2.12. The minimum Gasteiger partial charge on any atom is -0.324 e. The molecule has 16 heavy (non-hydrogen) atoms. The van der Waals surface area contributed by atoms with Gasteiger partial charge in [0, 0.05) is 18.0 Å². The van der Waals surface area contributed by atoms with Gasteiger partial charge < -0.3 is 10.7 Å². The van der Waals surface area contributed by atoms with Gasteiger partial charge in [-0.1, -0.05) is 12.1 Å². The third kappa shape index (κ3) is 1.68. The monoisotopic (exact) mass is 217 g/mol. The second-order valence-electron chi connectivity index (χ2n) is 3.28. The number of benzene rings is 1. The van der Waals surface area contributed by atoms with Crippen molar-refractivity contribution in [3.05, 3.63) is 52.7 Å². The molecule has 1 heterocycles. The van der Waals surface area contributed by atoms with E-state index in [0.717, 1.165) is 0 Å². The van der Waals surface area contributed by atoms with Crippen LogP contribution >= 0.6 is 0 Å². The molecule has 0 saturated heterocycles. The number of para-hydroxylation sites is 1. The Kier molecular flexibility index (Phi) is 2.70. The molecule has 0 spiro atoms. The first-order valence-corrected chi connectivity index (χ1v) is 4.82. The lowest BCUT2D eigenvalue weighted by Gasteiger charge is -2.06. The molecule has 5 heteroatoms. The lowest BCUT2D eigenvalue weighted by molar-refractivity contribution is 0.100. The van der Waals surface area contributed by atoms with Crippen molar-refractivity contribution in [2.45, 2.75) is 0 Å². The van der Waals surface area contributed by atoms with Gasteiger partial charge in [0.2, 0.25) is 0 Å². The molecule has 5 nitrogen and oxygen atoms in total. The molecule has 0 aliphatic rings. The molecular weight excluding hydrogens is 206 g/mol. The van der Waals surface area contributed by atoms with Gasteiger partial charge in [0.05, 0.1) is 12.2 Å². The van der Waals surface area contributed by atoms with Gasteiger partial charge in [0.1, 0.15) is 0 Å². The summed E-state index contributed by atoms with van der Waals surface area (Å²) < 4.78 is 1.38. The summed E-state index contributed by atoms with van der Waals surface area (Å²) in [6, 6.07) is 6.87. The number of rotatable bonds is 3. The molecule has 0 unspecified atom stereocenters. The molecule has 0 atom stereocenters. The summed E-state index contributed by atoms with van der Waals surface area (Å²) in [6.45, 7) is -0.0732. The number of imidazole rings is 1. The fourth-order valence-corrected chi connectivity index (χ4v) is 1.54. The van der Waals surface area contributed by atoms with Crippen LogP contribution in [0.5, 0.6) is 0 Å². The maximum atomic E-state index is 11.6. The third-order valence-electron chi connectivity index (χ3n) is 2.30. The van der Waals surface area contributed by atoms with Gasteiger partial charge in [-0.2, -0.15) is 0 Å². The van der Waals surface area contributed by atoms with E-state index in [1.807, 2.05) is 0 Å². The van der Waals surface area contributed by atoms with E-state index in [2.05, 4.69) is 4.98 Å². The number of hydrogen-bond acceptors (Lipinski definition) is 3. The third-order valence-corrected chi connectivity index (χ3v) is 2.30. The largest absolute Gasteiger partial charge is 0.330 e. The van der Waals surface area contributed by atoms with Gasteiger partial charge in [-0.15, -0.1) is 0 Å². The van der Waals surface area contributed by atoms with Crippen molar-refractivity contribution < 1.29 is 4.79 Å². The van der Waals surface area contributed by atoms with Crippen molar-refractivity contribution in [1.29, 1.82) is 0 Å². The highest BCUT2D eigenvalue weighted by Gasteiger charge is 2.11. The lowest BCUT2D eigenvalue weighted by Crippen LogP contribution is -2.20.